The Morgan fingerprint density at radius 2 is 1.30 bits per heavy atom. The van der Waals surface area contributed by atoms with Crippen molar-refractivity contribution in [1.82, 2.24) is 14.9 Å². The number of hydrogen-bond acceptors (Lipinski definition) is 4. The first-order valence-corrected chi connectivity index (χ1v) is 9.46. The van der Waals surface area contributed by atoms with Crippen molar-refractivity contribution in [2.24, 2.45) is 0 Å². The Bertz CT molecular complexity index is 799. The molecule has 2 aromatic heterocycles. The van der Waals surface area contributed by atoms with Gasteiger partial charge in [0.1, 0.15) is 0 Å². The van der Waals surface area contributed by atoms with Crippen molar-refractivity contribution in [2.75, 3.05) is 18.4 Å². The molecular weight excluding hydrogens is 548 g/mol. The van der Waals surface area contributed by atoms with Crippen LogP contribution in [0.1, 0.15) is 28.1 Å². The maximum atomic E-state index is 4.48. The van der Waals surface area contributed by atoms with Crippen LogP contribution in [-0.2, 0) is 30.2 Å². The van der Waals surface area contributed by atoms with Crippen LogP contribution in [0.3, 0.4) is 0 Å². The number of halogens is 2. The number of benzene rings is 1. The minimum atomic E-state index is 0. The van der Waals surface area contributed by atoms with Gasteiger partial charge in [0.05, 0.1) is 11.4 Å². The van der Waals surface area contributed by atoms with E-state index in [4.69, 9.17) is 0 Å². The average Bonchev–Trinajstić information content (AvgIpc) is 2.65. The fraction of sp³-hybridized carbons (Fsp3) is 0.304. The molecular formula is C23H28Br2FeN4. The molecule has 0 spiro atoms. The number of rotatable bonds is 8. The molecule has 3 aromatic rings. The fourth-order valence-corrected chi connectivity index (χ4v) is 3.45. The summed E-state index contributed by atoms with van der Waals surface area (Å²) >= 11 is 0. The quantitative estimate of drug-likeness (QED) is 0.333. The third-order valence-electron chi connectivity index (χ3n) is 4.63. The number of aromatic nitrogens is 2. The van der Waals surface area contributed by atoms with E-state index >= 15 is 0 Å². The molecule has 30 heavy (non-hydrogen) atoms. The minimum absolute atomic E-state index is 0. The standard InChI is InChI=1S/C23H28N4.2BrH.Fe/c1-18-14-19(2)23(20(3)15-18)26-12-13-27(16-21-8-4-6-10-24-21)17-22-9-5-7-11-25-22;;;/h4-11,14-15,26H,12-13,16-17H2,1-3H3;2*1H;/q;;;+2/p-2. The van der Waals surface area contributed by atoms with Crippen molar-refractivity contribution in [3.8, 4) is 0 Å². The summed E-state index contributed by atoms with van der Waals surface area (Å²) in [5.74, 6) is 0. The van der Waals surface area contributed by atoms with Crippen LogP contribution in [0.15, 0.2) is 60.9 Å². The molecule has 0 bridgehead atoms. The van der Waals surface area contributed by atoms with E-state index in [2.05, 4.69) is 65.2 Å². The molecule has 0 aliphatic heterocycles. The first-order chi connectivity index (χ1) is 13.1. The van der Waals surface area contributed by atoms with Gasteiger partial charge in [0.2, 0.25) is 0 Å². The van der Waals surface area contributed by atoms with E-state index in [1.54, 1.807) is 0 Å². The fourth-order valence-electron chi connectivity index (χ4n) is 3.45. The van der Waals surface area contributed by atoms with Gasteiger partial charge in [0.15, 0.2) is 0 Å². The minimum Gasteiger partial charge on any atom is -1.00 e. The molecule has 7 heteroatoms. The van der Waals surface area contributed by atoms with Crippen molar-refractivity contribution in [3.63, 3.8) is 0 Å². The second kappa shape index (κ2) is 14.7. The number of nitrogens with one attached hydrogen (secondary N) is 1. The molecule has 0 amide bonds. The molecule has 4 nitrogen and oxygen atoms in total. The van der Waals surface area contributed by atoms with E-state index in [1.165, 1.54) is 22.4 Å². The second-order valence-corrected chi connectivity index (χ2v) is 7.05. The Hall–Kier alpha value is -1.24. The summed E-state index contributed by atoms with van der Waals surface area (Å²) in [7, 11) is 0. The van der Waals surface area contributed by atoms with Gasteiger partial charge in [-0.1, -0.05) is 29.8 Å². The predicted molar refractivity (Wildman–Crippen MR) is 112 cm³/mol. The van der Waals surface area contributed by atoms with Gasteiger partial charge in [-0.2, -0.15) is 0 Å². The molecule has 162 valence electrons. The molecule has 0 saturated heterocycles. The van der Waals surface area contributed by atoms with Gasteiger partial charge < -0.3 is 39.3 Å². The van der Waals surface area contributed by atoms with Gasteiger partial charge in [-0.05, 0) is 56.2 Å². The van der Waals surface area contributed by atoms with Crippen LogP contribution >= 0.6 is 0 Å². The topological polar surface area (TPSA) is 41.0 Å². The van der Waals surface area contributed by atoms with Crippen molar-refractivity contribution in [2.45, 2.75) is 33.9 Å². The summed E-state index contributed by atoms with van der Waals surface area (Å²) in [6.07, 6.45) is 3.71. The van der Waals surface area contributed by atoms with Crippen molar-refractivity contribution in [1.29, 1.82) is 0 Å². The van der Waals surface area contributed by atoms with E-state index in [0.29, 0.717) is 0 Å². The molecule has 0 radical (unpaired) electrons. The van der Waals surface area contributed by atoms with Crippen molar-refractivity contribution in [3.05, 3.63) is 89.0 Å². The number of aryl methyl sites for hydroxylation is 3. The number of anilines is 1. The van der Waals surface area contributed by atoms with Crippen LogP contribution in [0.4, 0.5) is 5.69 Å². The monoisotopic (exact) mass is 574 g/mol. The Labute approximate surface area is 211 Å². The predicted octanol–water partition coefficient (Wildman–Crippen LogP) is -1.48. The van der Waals surface area contributed by atoms with E-state index in [1.807, 2.05) is 36.7 Å². The van der Waals surface area contributed by atoms with E-state index in [9.17, 15) is 0 Å². The van der Waals surface area contributed by atoms with Crippen molar-refractivity contribution >= 4 is 5.69 Å². The maximum Gasteiger partial charge on any atom is 2.00 e. The first kappa shape index (κ1) is 28.8. The van der Waals surface area contributed by atoms with Crippen LogP contribution in [0.2, 0.25) is 0 Å². The number of hydrogen-bond donors (Lipinski definition) is 1. The normalized spacial score (nSPS) is 9.87. The van der Waals surface area contributed by atoms with Crippen LogP contribution < -0.4 is 39.3 Å². The zero-order valence-electron chi connectivity index (χ0n) is 17.6. The Kier molecular flexibility index (Phi) is 14.1. The van der Waals surface area contributed by atoms with Gasteiger partial charge in [-0.15, -0.1) is 0 Å². The maximum absolute atomic E-state index is 4.48. The molecule has 1 N–H and O–H groups in total. The third kappa shape index (κ3) is 8.86. The molecule has 3 rings (SSSR count). The van der Waals surface area contributed by atoms with E-state index < -0.39 is 0 Å². The molecule has 0 fully saturated rings. The summed E-state index contributed by atoms with van der Waals surface area (Å²) < 4.78 is 0. The molecule has 1 aromatic carbocycles. The molecule has 0 saturated carbocycles. The zero-order chi connectivity index (χ0) is 19.1. The second-order valence-electron chi connectivity index (χ2n) is 7.05. The van der Waals surface area contributed by atoms with Crippen molar-refractivity contribution < 1.29 is 51.0 Å². The Morgan fingerprint density at radius 3 is 1.73 bits per heavy atom. The molecule has 0 unspecified atom stereocenters. The summed E-state index contributed by atoms with van der Waals surface area (Å²) in [6.45, 7) is 9.90. The van der Waals surface area contributed by atoms with Crippen LogP contribution in [0.25, 0.3) is 0 Å². The van der Waals surface area contributed by atoms with Gasteiger partial charge >= 0.3 is 17.1 Å². The summed E-state index contributed by atoms with van der Waals surface area (Å²) in [6, 6.07) is 16.6. The average molecular weight is 576 g/mol. The van der Waals surface area contributed by atoms with E-state index in [0.717, 1.165) is 37.6 Å². The van der Waals surface area contributed by atoms with Crippen LogP contribution in [0, 0.1) is 20.8 Å². The summed E-state index contributed by atoms with van der Waals surface area (Å²) in [4.78, 5) is 11.3. The van der Waals surface area contributed by atoms with Gasteiger partial charge in [-0.25, -0.2) is 0 Å². The number of nitrogens with zero attached hydrogens (tertiary/aromatic N) is 3. The number of pyridine rings is 2. The van der Waals surface area contributed by atoms with Gasteiger partial charge in [-0.3, -0.25) is 14.9 Å². The third-order valence-corrected chi connectivity index (χ3v) is 4.63. The first-order valence-electron chi connectivity index (χ1n) is 9.46. The van der Waals surface area contributed by atoms with Gasteiger partial charge in [0, 0.05) is 44.3 Å². The summed E-state index contributed by atoms with van der Waals surface area (Å²) in [5.41, 5.74) is 7.31. The smallest absolute Gasteiger partial charge is 1.00 e. The SMILES string of the molecule is Cc1cc(C)c(NCCN(Cc2ccccn2)Cc2ccccn2)c(C)c1.[Br-].[Br-].[Fe+2]. The molecule has 0 aliphatic carbocycles. The van der Waals surface area contributed by atoms with Crippen LogP contribution in [0.5, 0.6) is 0 Å². The Morgan fingerprint density at radius 1 is 0.800 bits per heavy atom. The largest absolute Gasteiger partial charge is 2.00 e. The molecule has 0 aliphatic rings. The van der Waals surface area contributed by atoms with Crippen LogP contribution in [-0.4, -0.2) is 28.0 Å². The summed E-state index contributed by atoms with van der Waals surface area (Å²) in [5, 5.41) is 3.63. The molecule has 2 heterocycles. The molecule has 0 atom stereocenters. The zero-order valence-corrected chi connectivity index (χ0v) is 21.8. The Balaban J connectivity index is 0.00000280. The van der Waals surface area contributed by atoms with E-state index in [-0.39, 0.29) is 51.0 Å². The van der Waals surface area contributed by atoms with Gasteiger partial charge in [0.25, 0.3) is 0 Å².